The molecule has 0 unspecified atom stereocenters. The van der Waals surface area contributed by atoms with Crippen LogP contribution >= 0.6 is 0 Å². The predicted octanol–water partition coefficient (Wildman–Crippen LogP) is 4.33. The maximum absolute atomic E-state index is 6.00. The van der Waals surface area contributed by atoms with Crippen LogP contribution < -0.4 is 3.79 Å². The van der Waals surface area contributed by atoms with Gasteiger partial charge >= 0.3 is 113 Å². The van der Waals surface area contributed by atoms with E-state index in [4.69, 9.17) is 3.79 Å². The van der Waals surface area contributed by atoms with Crippen LogP contribution in [-0.4, -0.2) is 15.6 Å². The Balaban J connectivity index is 3.43. The molecule has 0 aliphatic carbocycles. The SMILES string of the molecule is [CH3][Al+][O]c1c(C(C)(C)C)cccc1C(C)(C)C. The van der Waals surface area contributed by atoms with E-state index in [0.29, 0.717) is 0 Å². The van der Waals surface area contributed by atoms with E-state index in [1.165, 1.54) is 11.1 Å². The second-order valence-corrected chi connectivity index (χ2v) is 7.24. The van der Waals surface area contributed by atoms with Crippen LogP contribution in [0.2, 0.25) is 5.79 Å². The molecule has 1 aromatic rings. The summed E-state index contributed by atoms with van der Waals surface area (Å²) >= 11 is 0.0216. The summed E-state index contributed by atoms with van der Waals surface area (Å²) in [6.07, 6.45) is 0. The van der Waals surface area contributed by atoms with Crippen LogP contribution in [0.3, 0.4) is 0 Å². The van der Waals surface area contributed by atoms with Gasteiger partial charge in [0.1, 0.15) is 0 Å². The fourth-order valence-corrected chi connectivity index (χ4v) is 2.45. The Labute approximate surface area is 113 Å². The first kappa shape index (κ1) is 14.6. The van der Waals surface area contributed by atoms with Gasteiger partial charge in [-0.05, 0) is 0 Å². The first-order valence-corrected chi connectivity index (χ1v) is 7.89. The third kappa shape index (κ3) is 3.50. The van der Waals surface area contributed by atoms with Gasteiger partial charge in [0.2, 0.25) is 0 Å². The molecule has 1 nitrogen and oxygen atoms in total. The average molecular weight is 247 g/mol. The first-order valence-electron chi connectivity index (χ1n) is 6.26. The number of rotatable bonds is 2. The fourth-order valence-electron chi connectivity index (χ4n) is 1.96. The van der Waals surface area contributed by atoms with E-state index >= 15 is 0 Å². The van der Waals surface area contributed by atoms with E-state index in [9.17, 15) is 0 Å². The molecule has 0 spiro atoms. The Morgan fingerprint density at radius 3 is 1.59 bits per heavy atom. The Morgan fingerprint density at radius 1 is 0.882 bits per heavy atom. The number of benzene rings is 1. The zero-order valence-electron chi connectivity index (χ0n) is 12.2. The Bertz CT molecular complexity index is 351. The zero-order chi connectivity index (χ0) is 13.3. The van der Waals surface area contributed by atoms with Crippen molar-refractivity contribution in [2.24, 2.45) is 0 Å². The van der Waals surface area contributed by atoms with E-state index in [0.717, 1.165) is 5.75 Å². The number of hydrogen-bond acceptors (Lipinski definition) is 1. The van der Waals surface area contributed by atoms with Gasteiger partial charge in [-0.3, -0.25) is 0 Å². The van der Waals surface area contributed by atoms with Gasteiger partial charge in [-0.1, -0.05) is 0 Å². The molecule has 0 saturated heterocycles. The Kier molecular flexibility index (Phi) is 4.34. The van der Waals surface area contributed by atoms with Gasteiger partial charge < -0.3 is 0 Å². The zero-order valence-corrected chi connectivity index (χ0v) is 13.4. The molecule has 0 aliphatic heterocycles. The molecule has 0 atom stereocenters. The van der Waals surface area contributed by atoms with Gasteiger partial charge in [-0.15, -0.1) is 0 Å². The molecule has 1 aromatic carbocycles. The molecule has 0 aromatic heterocycles. The second kappa shape index (κ2) is 5.04. The fraction of sp³-hybridized carbons (Fsp3) is 0.600. The molecule has 0 amide bonds. The molecule has 1 rings (SSSR count). The van der Waals surface area contributed by atoms with Crippen LogP contribution in [-0.2, 0) is 10.8 Å². The summed E-state index contributed by atoms with van der Waals surface area (Å²) in [5.41, 5.74) is 2.90. The van der Waals surface area contributed by atoms with Crippen LogP contribution in [0.15, 0.2) is 18.2 Å². The normalized spacial score (nSPS) is 12.2. The van der Waals surface area contributed by atoms with Gasteiger partial charge in [0.25, 0.3) is 0 Å². The van der Waals surface area contributed by atoms with Crippen LogP contribution in [0.4, 0.5) is 0 Å². The predicted molar refractivity (Wildman–Crippen MR) is 76.1 cm³/mol. The van der Waals surface area contributed by atoms with Gasteiger partial charge in [-0.2, -0.15) is 0 Å². The van der Waals surface area contributed by atoms with Crippen molar-refractivity contribution in [1.82, 2.24) is 0 Å². The van der Waals surface area contributed by atoms with Crippen LogP contribution in [0.5, 0.6) is 5.75 Å². The molecule has 0 bridgehead atoms. The van der Waals surface area contributed by atoms with Crippen molar-refractivity contribution in [3.63, 3.8) is 0 Å². The van der Waals surface area contributed by atoms with E-state index in [2.05, 4.69) is 65.5 Å². The van der Waals surface area contributed by atoms with Crippen molar-refractivity contribution in [3.8, 4) is 5.75 Å². The summed E-state index contributed by atoms with van der Waals surface area (Å²) in [6, 6.07) is 6.54. The van der Waals surface area contributed by atoms with Gasteiger partial charge in [0.15, 0.2) is 0 Å². The first-order chi connectivity index (χ1) is 7.68. The Morgan fingerprint density at radius 2 is 1.29 bits per heavy atom. The summed E-state index contributed by atoms with van der Waals surface area (Å²) < 4.78 is 6.00. The molecule has 0 heterocycles. The number of hydrogen-bond donors (Lipinski definition) is 0. The van der Waals surface area contributed by atoms with E-state index in [1.54, 1.807) is 0 Å². The second-order valence-electron chi connectivity index (χ2n) is 6.54. The minimum atomic E-state index is 0.0216. The van der Waals surface area contributed by atoms with E-state index in [-0.39, 0.29) is 26.4 Å². The Hall–Kier alpha value is -0.448. The molecule has 0 N–H and O–H groups in total. The molecule has 17 heavy (non-hydrogen) atoms. The van der Waals surface area contributed by atoms with Crippen LogP contribution in [0.25, 0.3) is 0 Å². The minimum absolute atomic E-state index is 0.0216. The third-order valence-corrected chi connectivity index (χ3v) is 3.34. The standard InChI is InChI=1S/C14H22O.CH3.Al/c1-13(2,3)10-8-7-9-11(12(10)15)14(4,5)6;;/h7-9,15H,1-6H3;1H3;/q;;+2/p-1. The molecular formula is C15H24AlO+. The maximum atomic E-state index is 6.00. The van der Waals surface area contributed by atoms with Crippen molar-refractivity contribution < 1.29 is 3.79 Å². The average Bonchev–Trinajstić information content (AvgIpc) is 2.15. The third-order valence-electron chi connectivity index (χ3n) is 2.87. The summed E-state index contributed by atoms with van der Waals surface area (Å²) in [6.45, 7) is 13.5. The summed E-state index contributed by atoms with van der Waals surface area (Å²) in [7, 11) is 0. The van der Waals surface area contributed by atoms with Crippen LogP contribution in [0, 0.1) is 0 Å². The molecule has 0 fully saturated rings. The van der Waals surface area contributed by atoms with Crippen molar-refractivity contribution in [3.05, 3.63) is 29.3 Å². The molecule has 92 valence electrons. The molecule has 0 aliphatic rings. The summed E-state index contributed by atoms with van der Waals surface area (Å²) in [5.74, 6) is 3.25. The monoisotopic (exact) mass is 247 g/mol. The van der Waals surface area contributed by atoms with Gasteiger partial charge in [0.05, 0.1) is 0 Å². The quantitative estimate of drug-likeness (QED) is 0.707. The van der Waals surface area contributed by atoms with E-state index in [1.807, 2.05) is 0 Å². The van der Waals surface area contributed by atoms with Crippen molar-refractivity contribution in [1.29, 1.82) is 0 Å². The topological polar surface area (TPSA) is 9.23 Å². The molecule has 0 radical (unpaired) electrons. The molecule has 2 heteroatoms. The van der Waals surface area contributed by atoms with Gasteiger partial charge in [-0.25, -0.2) is 0 Å². The van der Waals surface area contributed by atoms with Crippen molar-refractivity contribution >= 4 is 15.6 Å². The molecule has 0 saturated carbocycles. The van der Waals surface area contributed by atoms with Crippen molar-refractivity contribution in [2.75, 3.05) is 0 Å². The van der Waals surface area contributed by atoms with E-state index < -0.39 is 0 Å². The van der Waals surface area contributed by atoms with Crippen molar-refractivity contribution in [2.45, 2.75) is 58.2 Å². The molecular weight excluding hydrogens is 223 g/mol. The van der Waals surface area contributed by atoms with Crippen LogP contribution in [0.1, 0.15) is 52.7 Å². The van der Waals surface area contributed by atoms with Gasteiger partial charge in [0, 0.05) is 0 Å². The number of para-hydroxylation sites is 1. The summed E-state index contributed by atoms with van der Waals surface area (Å²) in [5, 5.41) is 0. The summed E-state index contributed by atoms with van der Waals surface area (Å²) in [4.78, 5) is 0.